The van der Waals surface area contributed by atoms with Crippen LogP contribution in [0.5, 0.6) is 11.5 Å². The van der Waals surface area contributed by atoms with Crippen LogP contribution in [0.25, 0.3) is 22.2 Å². The zero-order valence-electron chi connectivity index (χ0n) is 15.2. The normalized spacial score (nSPS) is 16.5. The van der Waals surface area contributed by atoms with Crippen LogP contribution in [-0.2, 0) is 4.79 Å². The Morgan fingerprint density at radius 1 is 1.11 bits per heavy atom. The van der Waals surface area contributed by atoms with Crippen molar-refractivity contribution in [1.29, 1.82) is 0 Å². The molecule has 0 bridgehead atoms. The van der Waals surface area contributed by atoms with Crippen LogP contribution in [-0.4, -0.2) is 40.9 Å². The van der Waals surface area contributed by atoms with E-state index >= 15 is 0 Å². The molecule has 1 aromatic carbocycles. The number of fused-ring (bicyclic) bond motifs is 2. The molecule has 0 saturated carbocycles. The minimum absolute atomic E-state index is 0.226. The van der Waals surface area contributed by atoms with Crippen molar-refractivity contribution < 1.29 is 19.4 Å². The lowest BCUT2D eigenvalue weighted by molar-refractivity contribution is -0.142. The molecule has 1 fully saturated rings. The molecule has 5 rings (SSSR count). The van der Waals surface area contributed by atoms with Gasteiger partial charge >= 0.3 is 5.97 Å². The van der Waals surface area contributed by atoms with Crippen LogP contribution in [0.2, 0.25) is 0 Å². The monoisotopic (exact) mass is 377 g/mol. The summed E-state index contributed by atoms with van der Waals surface area (Å²) in [5.41, 5.74) is 2.52. The molecule has 0 atom stereocenters. The van der Waals surface area contributed by atoms with Crippen LogP contribution < -0.4 is 14.4 Å². The SMILES string of the molecule is O=C(O)C1CCN(c2cc3cccnc3c(-c3ccc4c(c3)OCO4)n2)CC1. The van der Waals surface area contributed by atoms with Crippen molar-refractivity contribution in [1.82, 2.24) is 9.97 Å². The van der Waals surface area contributed by atoms with Gasteiger partial charge in [-0.3, -0.25) is 9.78 Å². The maximum absolute atomic E-state index is 11.2. The van der Waals surface area contributed by atoms with E-state index < -0.39 is 5.97 Å². The molecule has 0 aliphatic carbocycles. The molecule has 3 aromatic rings. The Balaban J connectivity index is 1.56. The second-order valence-electron chi connectivity index (χ2n) is 7.07. The molecular weight excluding hydrogens is 358 g/mol. The average molecular weight is 377 g/mol. The Bertz CT molecular complexity index is 1060. The van der Waals surface area contributed by atoms with E-state index in [-0.39, 0.29) is 12.7 Å². The fraction of sp³-hybridized carbons (Fsp3) is 0.286. The average Bonchev–Trinajstić information content (AvgIpc) is 3.21. The minimum Gasteiger partial charge on any atom is -0.481 e. The fourth-order valence-electron chi connectivity index (χ4n) is 3.83. The Kier molecular flexibility index (Phi) is 4.00. The minimum atomic E-state index is -0.712. The standard InChI is InChI=1S/C21H19N3O4/c25-21(26)13-5-8-24(9-6-13)18-11-14-2-1-7-22-19(14)20(23-18)15-3-4-16-17(10-15)28-12-27-16/h1-4,7,10-11,13H,5-6,8-9,12H2,(H,25,26). The van der Waals surface area contributed by atoms with Gasteiger partial charge in [0.1, 0.15) is 5.82 Å². The number of carbonyl (C=O) groups is 1. The van der Waals surface area contributed by atoms with E-state index in [9.17, 15) is 9.90 Å². The summed E-state index contributed by atoms with van der Waals surface area (Å²) in [6.45, 7) is 1.58. The van der Waals surface area contributed by atoms with E-state index in [0.29, 0.717) is 31.7 Å². The first kappa shape index (κ1) is 16.8. The maximum Gasteiger partial charge on any atom is 0.306 e. The number of nitrogens with zero attached hydrogens (tertiary/aromatic N) is 3. The summed E-state index contributed by atoms with van der Waals surface area (Å²) in [6.07, 6.45) is 3.02. The van der Waals surface area contributed by atoms with Gasteiger partial charge in [0.25, 0.3) is 0 Å². The summed E-state index contributed by atoms with van der Waals surface area (Å²) in [4.78, 5) is 22.8. The van der Waals surface area contributed by atoms with Crippen LogP contribution in [0.4, 0.5) is 5.82 Å². The first-order valence-corrected chi connectivity index (χ1v) is 9.32. The van der Waals surface area contributed by atoms with Crippen molar-refractivity contribution in [2.24, 2.45) is 5.92 Å². The van der Waals surface area contributed by atoms with Gasteiger partial charge in [0.15, 0.2) is 11.5 Å². The maximum atomic E-state index is 11.2. The summed E-state index contributed by atoms with van der Waals surface area (Å²) >= 11 is 0. The molecule has 0 radical (unpaired) electrons. The predicted octanol–water partition coefficient (Wildman–Crippen LogP) is 3.33. The second kappa shape index (κ2) is 6.67. The van der Waals surface area contributed by atoms with Gasteiger partial charge in [-0.2, -0.15) is 0 Å². The van der Waals surface area contributed by atoms with Crippen LogP contribution in [0.1, 0.15) is 12.8 Å². The van der Waals surface area contributed by atoms with Gasteiger partial charge in [0.05, 0.1) is 17.1 Å². The number of aliphatic carboxylic acids is 1. The molecule has 7 heteroatoms. The number of carboxylic acids is 1. The van der Waals surface area contributed by atoms with E-state index in [1.807, 2.05) is 36.4 Å². The molecule has 4 heterocycles. The molecule has 0 amide bonds. The van der Waals surface area contributed by atoms with Gasteiger partial charge in [-0.25, -0.2) is 4.98 Å². The molecular formula is C21H19N3O4. The summed E-state index contributed by atoms with van der Waals surface area (Å²) in [7, 11) is 0. The van der Waals surface area contributed by atoms with Gasteiger partial charge in [-0.15, -0.1) is 0 Å². The molecule has 2 aromatic heterocycles. The van der Waals surface area contributed by atoms with E-state index in [2.05, 4.69) is 9.88 Å². The molecule has 1 N–H and O–H groups in total. The number of ether oxygens (including phenoxy) is 2. The number of benzene rings is 1. The van der Waals surface area contributed by atoms with E-state index in [1.165, 1.54) is 0 Å². The third kappa shape index (κ3) is 2.89. The van der Waals surface area contributed by atoms with Gasteiger partial charge in [-0.05, 0) is 43.2 Å². The highest BCUT2D eigenvalue weighted by molar-refractivity contribution is 5.93. The Hall–Kier alpha value is -3.35. The Morgan fingerprint density at radius 2 is 1.93 bits per heavy atom. The zero-order valence-corrected chi connectivity index (χ0v) is 15.2. The number of piperidine rings is 1. The van der Waals surface area contributed by atoms with Gasteiger partial charge < -0.3 is 19.5 Å². The molecule has 0 spiro atoms. The zero-order chi connectivity index (χ0) is 19.1. The molecule has 7 nitrogen and oxygen atoms in total. The molecule has 142 valence electrons. The Labute approximate surface area is 161 Å². The highest BCUT2D eigenvalue weighted by Gasteiger charge is 2.26. The van der Waals surface area contributed by atoms with E-state index in [4.69, 9.17) is 14.5 Å². The number of carboxylic acid groups (broad SMARTS) is 1. The van der Waals surface area contributed by atoms with Crippen LogP contribution in [0.3, 0.4) is 0 Å². The number of aromatic nitrogens is 2. The molecule has 0 unspecified atom stereocenters. The summed E-state index contributed by atoms with van der Waals surface area (Å²) < 4.78 is 10.9. The fourth-order valence-corrected chi connectivity index (χ4v) is 3.83. The van der Waals surface area contributed by atoms with Crippen molar-refractivity contribution in [2.75, 3.05) is 24.8 Å². The van der Waals surface area contributed by atoms with Crippen molar-refractivity contribution >= 4 is 22.7 Å². The lowest BCUT2D eigenvalue weighted by Gasteiger charge is -2.31. The van der Waals surface area contributed by atoms with Gasteiger partial charge in [-0.1, -0.05) is 6.07 Å². The summed E-state index contributed by atoms with van der Waals surface area (Å²) in [5.74, 6) is 1.30. The quantitative estimate of drug-likeness (QED) is 0.749. The number of hydrogen-bond acceptors (Lipinski definition) is 6. The van der Waals surface area contributed by atoms with Crippen LogP contribution in [0.15, 0.2) is 42.6 Å². The molecule has 28 heavy (non-hydrogen) atoms. The van der Waals surface area contributed by atoms with Crippen molar-refractivity contribution in [3.8, 4) is 22.8 Å². The summed E-state index contributed by atoms with van der Waals surface area (Å²) in [5, 5.41) is 10.2. The first-order chi connectivity index (χ1) is 13.7. The van der Waals surface area contributed by atoms with Crippen molar-refractivity contribution in [2.45, 2.75) is 12.8 Å². The van der Waals surface area contributed by atoms with Gasteiger partial charge in [0.2, 0.25) is 6.79 Å². The van der Waals surface area contributed by atoms with E-state index in [0.717, 1.165) is 33.7 Å². The third-order valence-corrected chi connectivity index (χ3v) is 5.39. The first-order valence-electron chi connectivity index (χ1n) is 9.32. The molecule has 2 aliphatic heterocycles. The number of anilines is 1. The summed E-state index contributed by atoms with van der Waals surface area (Å²) in [6, 6.07) is 11.7. The largest absolute Gasteiger partial charge is 0.481 e. The highest BCUT2D eigenvalue weighted by Crippen LogP contribution is 2.38. The van der Waals surface area contributed by atoms with Crippen LogP contribution in [0, 0.1) is 5.92 Å². The second-order valence-corrected chi connectivity index (χ2v) is 7.07. The number of rotatable bonds is 3. The number of hydrogen-bond donors (Lipinski definition) is 1. The number of pyridine rings is 2. The van der Waals surface area contributed by atoms with Crippen molar-refractivity contribution in [3.63, 3.8) is 0 Å². The molecule has 1 saturated heterocycles. The topological polar surface area (TPSA) is 84.8 Å². The third-order valence-electron chi connectivity index (χ3n) is 5.39. The lowest BCUT2D eigenvalue weighted by atomic mass is 9.97. The van der Waals surface area contributed by atoms with E-state index in [1.54, 1.807) is 6.20 Å². The lowest BCUT2D eigenvalue weighted by Crippen LogP contribution is -2.36. The van der Waals surface area contributed by atoms with Crippen LogP contribution >= 0.6 is 0 Å². The molecule has 2 aliphatic rings. The predicted molar refractivity (Wildman–Crippen MR) is 104 cm³/mol. The smallest absolute Gasteiger partial charge is 0.306 e. The highest BCUT2D eigenvalue weighted by atomic mass is 16.7. The van der Waals surface area contributed by atoms with Gasteiger partial charge in [0, 0.05) is 30.2 Å². The van der Waals surface area contributed by atoms with Crippen molar-refractivity contribution in [3.05, 3.63) is 42.6 Å². The Morgan fingerprint density at radius 3 is 2.75 bits per heavy atom.